The topological polar surface area (TPSA) is 40.5 Å². The molecule has 1 rings (SSSR count). The highest BCUT2D eigenvalue weighted by Gasteiger charge is 2.97. The minimum absolute atomic E-state index is 0.00745. The van der Waals surface area contributed by atoms with Crippen LogP contribution in [0.25, 0.3) is 0 Å². The number of halogens is 21. The first-order valence-electron chi connectivity index (χ1n) is 9.10. The Labute approximate surface area is 205 Å². The summed E-state index contributed by atoms with van der Waals surface area (Å²) in [5, 5.41) is 17.7. The van der Waals surface area contributed by atoms with Gasteiger partial charge in [0.05, 0.1) is 0 Å². The number of hydrogen-bond donors (Lipinski definition) is 2. The van der Waals surface area contributed by atoms with Gasteiger partial charge in [-0.1, -0.05) is 24.3 Å². The van der Waals surface area contributed by atoms with Gasteiger partial charge in [0.25, 0.3) is 0 Å². The van der Waals surface area contributed by atoms with Crippen LogP contribution >= 0.6 is 0 Å². The van der Waals surface area contributed by atoms with Gasteiger partial charge in [0, 0.05) is 5.56 Å². The van der Waals surface area contributed by atoms with Gasteiger partial charge in [-0.05, 0) is 5.46 Å². The minimum atomic E-state index is -9.25. The lowest BCUT2D eigenvalue weighted by Crippen LogP contribution is -2.76. The van der Waals surface area contributed by atoms with Crippen LogP contribution in [0.5, 0.6) is 0 Å². The molecule has 2 nitrogen and oxygen atoms in total. The zero-order chi connectivity index (χ0) is 32.6. The monoisotopic (exact) mass is 640 g/mol. The summed E-state index contributed by atoms with van der Waals surface area (Å²) in [4.78, 5) is 0. The standard InChI is InChI=1S/C16H6BF21O2/c18-7(19,5-3-1-2-4-6(5)17(39)40)8(20,21)9(22,23)10(24,25)11(26,27)12(28,29)13(30,31)14(32,33)15(34,35)16(36,37)38/h1-4,39-40H. The third kappa shape index (κ3) is 4.33. The molecule has 0 spiro atoms. The lowest BCUT2D eigenvalue weighted by Gasteiger charge is -2.44. The second kappa shape index (κ2) is 9.38. The molecular formula is C16H6BF21O2. The molecule has 0 radical (unpaired) electrons. The highest BCUT2D eigenvalue weighted by atomic mass is 19.4. The van der Waals surface area contributed by atoms with E-state index in [-0.39, 0.29) is 12.1 Å². The average Bonchev–Trinajstić information content (AvgIpc) is 2.77. The van der Waals surface area contributed by atoms with Crippen LogP contribution in [0.1, 0.15) is 5.56 Å². The highest BCUT2D eigenvalue weighted by molar-refractivity contribution is 6.59. The van der Waals surface area contributed by atoms with Gasteiger partial charge in [-0.25, -0.2) is 0 Å². The van der Waals surface area contributed by atoms with E-state index < -0.39 is 83.7 Å². The molecule has 0 aliphatic carbocycles. The number of benzene rings is 1. The molecule has 40 heavy (non-hydrogen) atoms. The van der Waals surface area contributed by atoms with E-state index in [9.17, 15) is 92.2 Å². The molecule has 0 saturated heterocycles. The fourth-order valence-corrected chi connectivity index (χ4v) is 2.74. The lowest BCUT2D eigenvalue weighted by molar-refractivity contribution is -0.474. The second-order valence-electron chi connectivity index (χ2n) is 7.63. The fourth-order valence-electron chi connectivity index (χ4n) is 2.74. The van der Waals surface area contributed by atoms with E-state index in [0.717, 1.165) is 0 Å². The predicted octanol–water partition coefficient (Wildman–Crippen LogP) is 6.10. The van der Waals surface area contributed by atoms with Gasteiger partial charge in [0.1, 0.15) is 0 Å². The van der Waals surface area contributed by atoms with Gasteiger partial charge >= 0.3 is 66.6 Å². The lowest BCUT2D eigenvalue weighted by atomic mass is 9.74. The summed E-state index contributed by atoms with van der Waals surface area (Å²) in [7, 11) is -3.35. The molecule has 0 heterocycles. The molecule has 0 amide bonds. The summed E-state index contributed by atoms with van der Waals surface area (Å²) >= 11 is 0. The first-order valence-corrected chi connectivity index (χ1v) is 9.10. The van der Waals surface area contributed by atoms with E-state index >= 15 is 0 Å². The van der Waals surface area contributed by atoms with Crippen molar-refractivity contribution in [2.24, 2.45) is 0 Å². The molecular weight excluding hydrogens is 634 g/mol. The van der Waals surface area contributed by atoms with Crippen LogP contribution in [0.2, 0.25) is 0 Å². The molecule has 24 heteroatoms. The van der Waals surface area contributed by atoms with Gasteiger partial charge in [-0.3, -0.25) is 0 Å². The Morgan fingerprint density at radius 2 is 0.675 bits per heavy atom. The van der Waals surface area contributed by atoms with Crippen LogP contribution in [0, 0.1) is 0 Å². The molecule has 0 aliphatic heterocycles. The van der Waals surface area contributed by atoms with E-state index in [4.69, 9.17) is 10.0 Å². The molecule has 0 unspecified atom stereocenters. The smallest absolute Gasteiger partial charge is 0.423 e. The van der Waals surface area contributed by atoms with Crippen molar-refractivity contribution in [1.82, 2.24) is 0 Å². The second-order valence-corrected chi connectivity index (χ2v) is 7.63. The molecule has 0 atom stereocenters. The fraction of sp³-hybridized carbons (Fsp3) is 0.625. The Morgan fingerprint density at radius 3 is 0.975 bits per heavy atom. The Kier molecular flexibility index (Phi) is 8.38. The van der Waals surface area contributed by atoms with Gasteiger partial charge in [0.15, 0.2) is 0 Å². The van der Waals surface area contributed by atoms with Crippen LogP contribution in [-0.2, 0) is 5.92 Å². The van der Waals surface area contributed by atoms with Crippen molar-refractivity contribution in [2.45, 2.75) is 59.5 Å². The molecule has 2 N–H and O–H groups in total. The third-order valence-electron chi connectivity index (χ3n) is 5.09. The average molecular weight is 640 g/mol. The van der Waals surface area contributed by atoms with Crippen LogP contribution in [0.3, 0.4) is 0 Å². The number of rotatable bonds is 10. The Balaban J connectivity index is 3.89. The van der Waals surface area contributed by atoms with E-state index in [0.29, 0.717) is 6.07 Å². The molecule has 0 aromatic heterocycles. The van der Waals surface area contributed by atoms with Crippen molar-refractivity contribution in [1.29, 1.82) is 0 Å². The van der Waals surface area contributed by atoms with Gasteiger partial charge < -0.3 is 10.0 Å². The molecule has 0 bridgehead atoms. The Hall–Kier alpha value is -2.27. The molecule has 232 valence electrons. The van der Waals surface area contributed by atoms with Crippen molar-refractivity contribution < 1.29 is 102 Å². The van der Waals surface area contributed by atoms with Crippen molar-refractivity contribution in [3.05, 3.63) is 29.8 Å². The molecule has 0 aliphatic rings. The summed E-state index contributed by atoms with van der Waals surface area (Å²) in [6.45, 7) is 0. The zero-order valence-corrected chi connectivity index (χ0v) is 17.7. The quantitative estimate of drug-likeness (QED) is 0.240. The van der Waals surface area contributed by atoms with Crippen molar-refractivity contribution in [3.63, 3.8) is 0 Å². The maximum atomic E-state index is 14.3. The van der Waals surface area contributed by atoms with Crippen molar-refractivity contribution in [2.75, 3.05) is 0 Å². The van der Waals surface area contributed by atoms with Crippen LogP contribution in [0.4, 0.5) is 92.2 Å². The van der Waals surface area contributed by atoms with Crippen molar-refractivity contribution >= 4 is 12.6 Å². The molecule has 0 saturated carbocycles. The molecule has 1 aromatic carbocycles. The Bertz CT molecular complexity index is 1080. The SMILES string of the molecule is OB(O)c1ccccc1C(F)(F)C(F)(F)C(F)(F)C(F)(F)C(F)(F)C(F)(F)C(F)(F)C(F)(F)C(F)(F)C(F)(F)F. The summed E-state index contributed by atoms with van der Waals surface area (Å²) in [6, 6.07) is 0.144. The number of alkyl halides is 21. The van der Waals surface area contributed by atoms with Gasteiger partial charge in [-0.15, -0.1) is 0 Å². The summed E-state index contributed by atoms with van der Waals surface area (Å²) in [5.74, 6) is -78.2. The maximum Gasteiger partial charge on any atom is 0.488 e. The van der Waals surface area contributed by atoms with Crippen molar-refractivity contribution in [3.8, 4) is 0 Å². The zero-order valence-electron chi connectivity index (χ0n) is 17.7. The minimum Gasteiger partial charge on any atom is -0.423 e. The largest absolute Gasteiger partial charge is 0.488 e. The van der Waals surface area contributed by atoms with Crippen LogP contribution in [0.15, 0.2) is 24.3 Å². The summed E-state index contributed by atoms with van der Waals surface area (Å²) in [5.41, 5.74) is -4.77. The van der Waals surface area contributed by atoms with Gasteiger partial charge in [0.2, 0.25) is 0 Å². The maximum absolute atomic E-state index is 14.3. The third-order valence-corrected chi connectivity index (χ3v) is 5.09. The van der Waals surface area contributed by atoms with E-state index in [1.54, 1.807) is 0 Å². The van der Waals surface area contributed by atoms with E-state index in [1.165, 1.54) is 0 Å². The number of hydrogen-bond acceptors (Lipinski definition) is 2. The highest BCUT2D eigenvalue weighted by Crippen LogP contribution is 2.66. The van der Waals surface area contributed by atoms with E-state index in [2.05, 4.69) is 0 Å². The predicted molar refractivity (Wildman–Crippen MR) is 85.8 cm³/mol. The molecule has 1 aromatic rings. The molecule has 0 fully saturated rings. The summed E-state index contributed by atoms with van der Waals surface area (Å²) < 4.78 is 282. The van der Waals surface area contributed by atoms with Crippen LogP contribution in [-0.4, -0.2) is 70.7 Å². The first kappa shape index (κ1) is 35.8. The van der Waals surface area contributed by atoms with E-state index in [1.807, 2.05) is 0 Å². The Morgan fingerprint density at radius 1 is 0.400 bits per heavy atom. The summed E-state index contributed by atoms with van der Waals surface area (Å²) in [6.07, 6.45) is -8.04. The van der Waals surface area contributed by atoms with Crippen LogP contribution < -0.4 is 5.46 Å². The first-order chi connectivity index (χ1) is 17.2. The normalized spacial score (nSPS) is 15.9. The van der Waals surface area contributed by atoms with Gasteiger partial charge in [-0.2, -0.15) is 92.2 Å².